The van der Waals surface area contributed by atoms with Crippen LogP contribution in [0.4, 0.5) is 0 Å². The number of nitrogens with zero attached hydrogens (tertiary/aromatic N) is 2. The largest absolute Gasteiger partial charge is 0.507 e. The minimum absolute atomic E-state index is 0.0242. The fourth-order valence-corrected chi connectivity index (χ4v) is 5.50. The maximum absolute atomic E-state index is 13.6. The molecule has 1 unspecified atom stereocenters. The Balaban J connectivity index is 1.51. The van der Waals surface area contributed by atoms with Crippen molar-refractivity contribution in [3.63, 3.8) is 0 Å². The van der Waals surface area contributed by atoms with E-state index in [-0.39, 0.29) is 11.3 Å². The molecule has 0 radical (unpaired) electrons. The monoisotopic (exact) mass is 598 g/mol. The van der Waals surface area contributed by atoms with Crippen molar-refractivity contribution in [3.8, 4) is 17.2 Å². The number of rotatable bonds is 12. The van der Waals surface area contributed by atoms with Crippen LogP contribution >= 0.6 is 0 Å². The molecule has 3 aromatic rings. The third-order valence-electron chi connectivity index (χ3n) is 7.85. The molecule has 1 atom stereocenters. The molecule has 0 aromatic heterocycles. The molecule has 2 aliphatic rings. The van der Waals surface area contributed by atoms with Crippen molar-refractivity contribution in [2.75, 3.05) is 53.1 Å². The predicted octanol–water partition coefficient (Wildman–Crippen LogP) is 4.90. The summed E-state index contributed by atoms with van der Waals surface area (Å²) in [7, 11) is 1.54. The van der Waals surface area contributed by atoms with E-state index in [0.29, 0.717) is 67.9 Å². The summed E-state index contributed by atoms with van der Waals surface area (Å²) >= 11 is 0. The number of hydrogen-bond acceptors (Lipinski definition) is 8. The molecule has 9 nitrogen and oxygen atoms in total. The minimum Gasteiger partial charge on any atom is -0.507 e. The molecule has 0 aliphatic carbocycles. The van der Waals surface area contributed by atoms with E-state index in [4.69, 9.17) is 18.9 Å². The first-order valence-corrected chi connectivity index (χ1v) is 14.7. The summed E-state index contributed by atoms with van der Waals surface area (Å²) < 4.78 is 22.9. The van der Waals surface area contributed by atoms with Crippen molar-refractivity contribution in [3.05, 3.63) is 107 Å². The molecule has 44 heavy (non-hydrogen) atoms. The van der Waals surface area contributed by atoms with Gasteiger partial charge in [0.05, 0.1) is 31.9 Å². The molecular formula is C35H38N2O7. The average Bonchev–Trinajstić information content (AvgIpc) is 3.31. The van der Waals surface area contributed by atoms with E-state index in [1.54, 1.807) is 43.5 Å². The Bertz CT molecular complexity index is 1530. The third kappa shape index (κ3) is 6.79. The zero-order valence-corrected chi connectivity index (χ0v) is 25.2. The fourth-order valence-electron chi connectivity index (χ4n) is 5.50. The van der Waals surface area contributed by atoms with E-state index >= 15 is 0 Å². The van der Waals surface area contributed by atoms with Crippen LogP contribution in [0.2, 0.25) is 0 Å². The number of methoxy groups -OCH3 is 1. The summed E-state index contributed by atoms with van der Waals surface area (Å²) in [6, 6.07) is 19.5. The Morgan fingerprint density at radius 3 is 2.43 bits per heavy atom. The maximum Gasteiger partial charge on any atom is 0.295 e. The van der Waals surface area contributed by atoms with Gasteiger partial charge in [0, 0.05) is 31.7 Å². The lowest BCUT2D eigenvalue weighted by Crippen LogP contribution is -2.42. The van der Waals surface area contributed by atoms with Gasteiger partial charge in [-0.25, -0.2) is 0 Å². The first-order valence-electron chi connectivity index (χ1n) is 14.7. The maximum atomic E-state index is 13.6. The number of ether oxygens (including phenoxy) is 4. The van der Waals surface area contributed by atoms with Gasteiger partial charge in [-0.05, 0) is 53.9 Å². The molecule has 5 rings (SSSR count). The van der Waals surface area contributed by atoms with Gasteiger partial charge < -0.3 is 29.0 Å². The molecule has 9 heteroatoms. The molecular weight excluding hydrogens is 560 g/mol. The molecule has 0 spiro atoms. The van der Waals surface area contributed by atoms with E-state index < -0.39 is 17.7 Å². The number of aliphatic hydroxyl groups is 1. The molecule has 2 fully saturated rings. The zero-order chi connectivity index (χ0) is 31.1. The van der Waals surface area contributed by atoms with Gasteiger partial charge >= 0.3 is 0 Å². The predicted molar refractivity (Wildman–Crippen MR) is 167 cm³/mol. The number of amides is 1. The van der Waals surface area contributed by atoms with Crippen LogP contribution in [0, 0.1) is 6.92 Å². The van der Waals surface area contributed by atoms with Gasteiger partial charge in [0.25, 0.3) is 11.7 Å². The Hall–Kier alpha value is -4.60. The molecule has 0 saturated carbocycles. The SMILES string of the molecule is C=CCOc1ccc(/C(O)=C2\C(=O)C(=O)N(CCN3CCOCC3)C2c2ccc(OCc3ccccc3)c(OC)c2)cc1C. The van der Waals surface area contributed by atoms with Crippen LogP contribution in [0.25, 0.3) is 5.76 Å². The third-order valence-corrected chi connectivity index (χ3v) is 7.85. The van der Waals surface area contributed by atoms with Crippen LogP contribution in [0.5, 0.6) is 17.2 Å². The van der Waals surface area contributed by atoms with Crippen molar-refractivity contribution < 1.29 is 33.6 Å². The summed E-state index contributed by atoms with van der Waals surface area (Å²) in [6.45, 7) is 9.82. The number of carbonyl (C=O) groups is 2. The molecule has 3 aromatic carbocycles. The highest BCUT2D eigenvalue weighted by Gasteiger charge is 2.46. The number of aliphatic hydroxyl groups excluding tert-OH is 1. The number of likely N-dealkylation sites (tertiary alicyclic amines) is 1. The van der Waals surface area contributed by atoms with Gasteiger partial charge in [-0.3, -0.25) is 14.5 Å². The van der Waals surface area contributed by atoms with Gasteiger partial charge in [0.15, 0.2) is 11.5 Å². The summed E-state index contributed by atoms with van der Waals surface area (Å²) in [5.41, 5.74) is 2.84. The molecule has 230 valence electrons. The second kappa shape index (κ2) is 14.2. The highest BCUT2D eigenvalue weighted by Crippen LogP contribution is 2.42. The van der Waals surface area contributed by atoms with Gasteiger partial charge in [-0.1, -0.05) is 49.1 Å². The van der Waals surface area contributed by atoms with Gasteiger partial charge in [-0.2, -0.15) is 0 Å². The number of ketones is 1. The van der Waals surface area contributed by atoms with E-state index in [9.17, 15) is 14.7 Å². The van der Waals surface area contributed by atoms with Crippen molar-refractivity contribution in [2.24, 2.45) is 0 Å². The number of hydrogen-bond donors (Lipinski definition) is 1. The van der Waals surface area contributed by atoms with Crippen molar-refractivity contribution in [1.29, 1.82) is 0 Å². The second-order valence-electron chi connectivity index (χ2n) is 10.7. The van der Waals surface area contributed by atoms with E-state index in [1.165, 1.54) is 4.90 Å². The van der Waals surface area contributed by atoms with Crippen LogP contribution in [0.15, 0.2) is 85.0 Å². The van der Waals surface area contributed by atoms with Crippen LogP contribution in [-0.2, 0) is 20.9 Å². The average molecular weight is 599 g/mol. The van der Waals surface area contributed by atoms with Crippen LogP contribution in [-0.4, -0.2) is 79.7 Å². The Labute approximate surface area is 257 Å². The van der Waals surface area contributed by atoms with Crippen molar-refractivity contribution in [2.45, 2.75) is 19.6 Å². The number of benzene rings is 3. The summed E-state index contributed by atoms with van der Waals surface area (Å²) in [4.78, 5) is 30.9. The van der Waals surface area contributed by atoms with E-state index in [2.05, 4.69) is 11.5 Å². The van der Waals surface area contributed by atoms with Crippen molar-refractivity contribution >= 4 is 17.4 Å². The smallest absolute Gasteiger partial charge is 0.295 e. The van der Waals surface area contributed by atoms with Crippen LogP contribution in [0.3, 0.4) is 0 Å². The lowest BCUT2D eigenvalue weighted by molar-refractivity contribution is -0.140. The molecule has 1 N–H and O–H groups in total. The zero-order valence-electron chi connectivity index (χ0n) is 25.2. The Kier molecular flexibility index (Phi) is 9.99. The standard InChI is InChI=1S/C35H38N2O7/c1-4-18-43-28-12-11-27(21-24(28)2)33(38)31-32(37(35(40)34(31)39)15-14-36-16-19-42-20-17-36)26-10-13-29(30(22-26)41-3)44-23-25-8-6-5-7-9-25/h4-13,21-22,32,38H,1,14-20,23H2,2-3H3/b33-31+. The molecule has 2 saturated heterocycles. The van der Waals surface area contributed by atoms with Crippen molar-refractivity contribution in [1.82, 2.24) is 9.80 Å². The Morgan fingerprint density at radius 2 is 1.73 bits per heavy atom. The molecule has 1 amide bonds. The number of aryl methyl sites for hydroxylation is 1. The summed E-state index contributed by atoms with van der Waals surface area (Å²) in [5, 5.41) is 11.6. The number of Topliss-reactive ketones (excluding diaryl/α,β-unsaturated/α-hetero) is 1. The Morgan fingerprint density at radius 1 is 0.977 bits per heavy atom. The number of morpholine rings is 1. The normalized spacial score (nSPS) is 18.3. The first-order chi connectivity index (χ1) is 21.4. The molecule has 2 aliphatic heterocycles. The van der Waals surface area contributed by atoms with Gasteiger partial charge in [0.1, 0.15) is 24.7 Å². The topological polar surface area (TPSA) is 97.8 Å². The molecule has 0 bridgehead atoms. The van der Waals surface area contributed by atoms with Gasteiger partial charge in [0.2, 0.25) is 0 Å². The van der Waals surface area contributed by atoms with Crippen LogP contribution in [0.1, 0.15) is 28.3 Å². The lowest BCUT2D eigenvalue weighted by Gasteiger charge is -2.31. The van der Waals surface area contributed by atoms with E-state index in [0.717, 1.165) is 24.2 Å². The number of carbonyl (C=O) groups excluding carboxylic acids is 2. The highest BCUT2D eigenvalue weighted by molar-refractivity contribution is 6.46. The lowest BCUT2D eigenvalue weighted by atomic mass is 9.94. The fraction of sp³-hybridized carbons (Fsp3) is 0.314. The second-order valence-corrected chi connectivity index (χ2v) is 10.7. The quantitative estimate of drug-likeness (QED) is 0.136. The summed E-state index contributed by atoms with van der Waals surface area (Å²) in [5.74, 6) is -0.0186. The molecule has 2 heterocycles. The highest BCUT2D eigenvalue weighted by atomic mass is 16.5. The van der Waals surface area contributed by atoms with Crippen LogP contribution < -0.4 is 14.2 Å². The first kappa shape index (κ1) is 30.8. The van der Waals surface area contributed by atoms with Gasteiger partial charge in [-0.15, -0.1) is 0 Å². The van der Waals surface area contributed by atoms with E-state index in [1.807, 2.05) is 43.3 Å². The summed E-state index contributed by atoms with van der Waals surface area (Å²) in [6.07, 6.45) is 1.65. The minimum atomic E-state index is -0.829.